The molecular formula is C25H43N5O5. The molecule has 0 aromatic carbocycles. The van der Waals surface area contributed by atoms with Gasteiger partial charge in [-0.05, 0) is 49.9 Å². The summed E-state index contributed by atoms with van der Waals surface area (Å²) in [6.07, 6.45) is 0.832. The topological polar surface area (TPSA) is 151 Å². The molecule has 198 valence electrons. The number of primary amides is 1. The van der Waals surface area contributed by atoms with Gasteiger partial charge in [0.25, 0.3) is 5.91 Å². The van der Waals surface area contributed by atoms with Gasteiger partial charge in [0.2, 0.25) is 17.6 Å². The molecule has 0 aromatic heterocycles. The largest absolute Gasteiger partial charge is 0.363 e. The van der Waals surface area contributed by atoms with Gasteiger partial charge in [-0.3, -0.25) is 19.2 Å². The van der Waals surface area contributed by atoms with Crippen LogP contribution in [0.5, 0.6) is 0 Å². The summed E-state index contributed by atoms with van der Waals surface area (Å²) >= 11 is 0. The van der Waals surface area contributed by atoms with Crippen molar-refractivity contribution in [2.75, 3.05) is 6.54 Å². The lowest BCUT2D eigenvalue weighted by Crippen LogP contribution is -2.62. The quantitative estimate of drug-likeness (QED) is 0.376. The first-order valence-electron chi connectivity index (χ1n) is 12.4. The highest BCUT2D eigenvalue weighted by atomic mass is 16.2. The molecule has 10 nitrogen and oxygen atoms in total. The van der Waals surface area contributed by atoms with E-state index in [-0.39, 0.29) is 29.6 Å². The fourth-order valence-electron chi connectivity index (χ4n) is 5.12. The number of nitrogens with one attached hydrogen (secondary N) is 3. The highest BCUT2D eigenvalue weighted by molar-refractivity contribution is 6.37. The normalized spacial score (nSPS) is 24.6. The maximum absolute atomic E-state index is 13.8. The number of ketones is 1. The van der Waals surface area contributed by atoms with E-state index < -0.39 is 52.7 Å². The van der Waals surface area contributed by atoms with Gasteiger partial charge in [0, 0.05) is 12.1 Å². The summed E-state index contributed by atoms with van der Waals surface area (Å²) in [6, 6.07) is -3.18. The molecule has 1 saturated carbocycles. The molecule has 0 spiro atoms. The molecule has 0 radical (unpaired) electrons. The van der Waals surface area contributed by atoms with Crippen molar-refractivity contribution in [2.24, 2.45) is 28.4 Å². The molecule has 5 amide bonds. The molecule has 35 heavy (non-hydrogen) atoms. The molecule has 2 rings (SSSR count). The van der Waals surface area contributed by atoms with Gasteiger partial charge >= 0.3 is 6.03 Å². The van der Waals surface area contributed by atoms with Crippen molar-refractivity contribution >= 4 is 29.5 Å². The van der Waals surface area contributed by atoms with E-state index in [1.807, 2.05) is 48.5 Å². The summed E-state index contributed by atoms with van der Waals surface area (Å²) in [5.41, 5.74) is 3.93. The Morgan fingerprint density at radius 3 is 2.06 bits per heavy atom. The zero-order valence-corrected chi connectivity index (χ0v) is 22.6. The number of rotatable bonds is 8. The summed E-state index contributed by atoms with van der Waals surface area (Å²) in [5, 5.41) is 8.31. The van der Waals surface area contributed by atoms with E-state index in [0.29, 0.717) is 13.0 Å². The summed E-state index contributed by atoms with van der Waals surface area (Å²) < 4.78 is 0. The molecule has 0 bridgehead atoms. The Labute approximate surface area is 208 Å². The lowest BCUT2D eigenvalue weighted by atomic mass is 9.85. The number of hydrogen-bond acceptors (Lipinski definition) is 5. The summed E-state index contributed by atoms with van der Waals surface area (Å²) in [4.78, 5) is 65.2. The van der Waals surface area contributed by atoms with Crippen LogP contribution in [0.2, 0.25) is 0 Å². The van der Waals surface area contributed by atoms with Crippen LogP contribution >= 0.6 is 0 Å². The Kier molecular flexibility index (Phi) is 7.98. The van der Waals surface area contributed by atoms with Gasteiger partial charge < -0.3 is 26.6 Å². The van der Waals surface area contributed by atoms with Gasteiger partial charge in [0.05, 0.1) is 6.04 Å². The molecule has 3 unspecified atom stereocenters. The number of likely N-dealkylation sites (tertiary alicyclic amines) is 1. The second-order valence-corrected chi connectivity index (χ2v) is 12.6. The van der Waals surface area contributed by atoms with Crippen molar-refractivity contribution in [1.82, 2.24) is 20.9 Å². The average Bonchev–Trinajstić information content (AvgIpc) is 3.03. The average molecular weight is 494 g/mol. The van der Waals surface area contributed by atoms with Crippen LogP contribution in [-0.2, 0) is 19.2 Å². The van der Waals surface area contributed by atoms with E-state index in [2.05, 4.69) is 29.8 Å². The van der Waals surface area contributed by atoms with Crippen LogP contribution in [0.1, 0.15) is 75.2 Å². The van der Waals surface area contributed by atoms with E-state index >= 15 is 0 Å². The van der Waals surface area contributed by atoms with E-state index in [9.17, 15) is 24.0 Å². The van der Waals surface area contributed by atoms with Crippen LogP contribution in [0.25, 0.3) is 0 Å². The van der Waals surface area contributed by atoms with Crippen LogP contribution < -0.4 is 21.7 Å². The van der Waals surface area contributed by atoms with Gasteiger partial charge in [-0.25, -0.2) is 4.79 Å². The van der Waals surface area contributed by atoms with Crippen molar-refractivity contribution in [3.8, 4) is 0 Å². The Balaban J connectivity index is 2.31. The van der Waals surface area contributed by atoms with Crippen molar-refractivity contribution in [3.63, 3.8) is 0 Å². The number of amides is 5. The number of hydrogen-bond donors (Lipinski definition) is 4. The predicted molar refractivity (Wildman–Crippen MR) is 132 cm³/mol. The predicted octanol–water partition coefficient (Wildman–Crippen LogP) is 1.32. The summed E-state index contributed by atoms with van der Waals surface area (Å²) in [7, 11) is 0. The zero-order chi connectivity index (χ0) is 27.1. The molecule has 1 saturated heterocycles. The third kappa shape index (κ3) is 6.32. The molecular weight excluding hydrogens is 450 g/mol. The molecule has 1 aliphatic carbocycles. The van der Waals surface area contributed by atoms with Crippen molar-refractivity contribution < 1.29 is 24.0 Å². The number of nitrogens with two attached hydrogens (primary N) is 1. The summed E-state index contributed by atoms with van der Waals surface area (Å²) in [6.45, 7) is 17.4. The smallest absolute Gasteiger partial charge is 0.315 e. The Hall–Kier alpha value is -2.65. The van der Waals surface area contributed by atoms with Crippen LogP contribution in [0.4, 0.5) is 4.79 Å². The van der Waals surface area contributed by atoms with E-state index in [4.69, 9.17) is 5.73 Å². The first-order valence-corrected chi connectivity index (χ1v) is 12.4. The van der Waals surface area contributed by atoms with Gasteiger partial charge in [-0.1, -0.05) is 48.0 Å². The van der Waals surface area contributed by atoms with Gasteiger partial charge in [0.15, 0.2) is 0 Å². The second kappa shape index (κ2) is 9.78. The number of fused-ring (bicyclic) bond motifs is 1. The molecule has 10 heteroatoms. The number of piperidine rings is 1. The highest BCUT2D eigenvalue weighted by Crippen LogP contribution is 2.65. The minimum absolute atomic E-state index is 0.0820. The number of urea groups is 1. The first kappa shape index (κ1) is 28.6. The number of carbonyl (C=O) groups excluding carboxylic acids is 5. The van der Waals surface area contributed by atoms with E-state index in [1.165, 1.54) is 4.90 Å². The maximum atomic E-state index is 13.8. The molecule has 1 aliphatic heterocycles. The molecule has 5 N–H and O–H groups in total. The fourth-order valence-corrected chi connectivity index (χ4v) is 5.12. The molecule has 2 fully saturated rings. The summed E-state index contributed by atoms with van der Waals surface area (Å²) in [5.74, 6) is -2.73. The van der Waals surface area contributed by atoms with Gasteiger partial charge in [-0.15, -0.1) is 0 Å². The van der Waals surface area contributed by atoms with Crippen LogP contribution in [0.15, 0.2) is 0 Å². The number of carbonyl (C=O) groups is 5. The number of Topliss-reactive ketones (excluding diaryl/α,β-unsaturated/α-hetero) is 1. The monoisotopic (exact) mass is 493 g/mol. The molecule has 2 aliphatic rings. The Bertz CT molecular complexity index is 886. The fraction of sp³-hybridized carbons (Fsp3) is 0.800. The van der Waals surface area contributed by atoms with Crippen LogP contribution in [-0.4, -0.2) is 64.6 Å². The van der Waals surface area contributed by atoms with E-state index in [0.717, 1.165) is 0 Å². The van der Waals surface area contributed by atoms with Crippen LogP contribution in [0.3, 0.4) is 0 Å². The Morgan fingerprint density at radius 2 is 1.60 bits per heavy atom. The van der Waals surface area contributed by atoms with Crippen molar-refractivity contribution in [3.05, 3.63) is 0 Å². The van der Waals surface area contributed by atoms with Gasteiger partial charge in [-0.2, -0.15) is 0 Å². The first-order chi connectivity index (χ1) is 15.8. The minimum atomic E-state index is -1.10. The SMILES string of the molecule is CCCC(NC(=O)[C@@H]1C2C(CN1C(=O)[C@@H](NC(=O)NC(C)(C)C)C(C)(C)C)C2(C)C)C(=O)C(N)=O. The standard InChI is InChI=1S/C25H43N5O5/c1-10-11-14(17(31)19(26)32)27-20(33)16-15-13(25(15,8)9)12-30(16)21(34)18(23(2,3)4)28-22(35)29-24(5,6)7/h13-16,18H,10-12H2,1-9H3,(H2,26,32)(H,27,33)(H2,28,29,35)/t13?,14?,15?,16-,18+/m0/s1. The van der Waals surface area contributed by atoms with Crippen molar-refractivity contribution in [1.29, 1.82) is 0 Å². The minimum Gasteiger partial charge on any atom is -0.363 e. The van der Waals surface area contributed by atoms with Crippen molar-refractivity contribution in [2.45, 2.75) is 98.8 Å². The van der Waals surface area contributed by atoms with Crippen LogP contribution in [0, 0.1) is 22.7 Å². The van der Waals surface area contributed by atoms with E-state index in [1.54, 1.807) is 0 Å². The Morgan fingerprint density at radius 1 is 1.03 bits per heavy atom. The maximum Gasteiger partial charge on any atom is 0.315 e. The third-order valence-electron chi connectivity index (χ3n) is 7.09. The lowest BCUT2D eigenvalue weighted by molar-refractivity contribution is -0.145. The second-order valence-electron chi connectivity index (χ2n) is 12.6. The number of nitrogens with zero attached hydrogens (tertiary/aromatic N) is 1. The molecule has 0 aromatic rings. The molecule has 5 atom stereocenters. The molecule has 1 heterocycles. The zero-order valence-electron chi connectivity index (χ0n) is 22.6. The third-order valence-corrected chi connectivity index (χ3v) is 7.09. The lowest BCUT2D eigenvalue weighted by Gasteiger charge is -2.38. The van der Waals surface area contributed by atoms with Gasteiger partial charge in [0.1, 0.15) is 12.1 Å². The highest BCUT2D eigenvalue weighted by Gasteiger charge is 2.69.